The van der Waals surface area contributed by atoms with E-state index in [4.69, 9.17) is 15.2 Å². The summed E-state index contributed by atoms with van der Waals surface area (Å²) in [6, 6.07) is 0. The predicted molar refractivity (Wildman–Crippen MR) is 135 cm³/mol. The summed E-state index contributed by atoms with van der Waals surface area (Å²) in [5.74, 6) is 5.65. The number of ether oxygens (including phenoxy) is 2. The van der Waals surface area contributed by atoms with E-state index in [2.05, 4.69) is 60.6 Å². The number of nitrogens with two attached hydrogens (primary N) is 1. The first-order valence-corrected chi connectivity index (χ1v) is 13.1. The Morgan fingerprint density at radius 2 is 1.29 bits per heavy atom. The quantitative estimate of drug-likeness (QED) is 0.254. The predicted octanol–water partition coefficient (Wildman–Crippen LogP) is 7.72. The molecule has 0 aromatic carbocycles. The van der Waals surface area contributed by atoms with Gasteiger partial charge in [-0.2, -0.15) is 0 Å². The molecule has 0 bridgehead atoms. The molecule has 2 N–H and O–H groups in total. The van der Waals surface area contributed by atoms with Crippen LogP contribution in [-0.2, 0) is 9.47 Å². The molecule has 1 rings (SSSR count). The summed E-state index contributed by atoms with van der Waals surface area (Å²) in [6.07, 6.45) is 14.4. The lowest BCUT2D eigenvalue weighted by molar-refractivity contribution is 0.139. The van der Waals surface area contributed by atoms with Gasteiger partial charge in [0.25, 0.3) is 0 Å². The van der Waals surface area contributed by atoms with Crippen molar-refractivity contribution in [1.29, 1.82) is 0 Å². The van der Waals surface area contributed by atoms with Crippen LogP contribution in [-0.4, -0.2) is 19.8 Å². The topological polar surface area (TPSA) is 44.5 Å². The van der Waals surface area contributed by atoms with Gasteiger partial charge in [0.2, 0.25) is 0 Å². The molecule has 1 aliphatic rings. The zero-order valence-electron chi connectivity index (χ0n) is 21.8. The lowest BCUT2D eigenvalue weighted by Crippen LogP contribution is -2.26. The summed E-state index contributed by atoms with van der Waals surface area (Å²) in [6.45, 7) is 18.3. The monoisotopic (exact) mass is 435 g/mol. The number of hydrogen-bond acceptors (Lipinski definition) is 3. The molecule has 0 fully saturated rings. The van der Waals surface area contributed by atoms with Gasteiger partial charge in [0, 0.05) is 17.9 Å². The van der Waals surface area contributed by atoms with Crippen LogP contribution in [0.15, 0.2) is 23.7 Å². The van der Waals surface area contributed by atoms with Gasteiger partial charge in [-0.25, -0.2) is 0 Å². The van der Waals surface area contributed by atoms with E-state index in [1.54, 1.807) is 0 Å². The van der Waals surface area contributed by atoms with Crippen LogP contribution >= 0.6 is 0 Å². The summed E-state index contributed by atoms with van der Waals surface area (Å²) in [5, 5.41) is 0. The van der Waals surface area contributed by atoms with Crippen molar-refractivity contribution in [2.45, 2.75) is 99.8 Å². The molecule has 182 valence electrons. The van der Waals surface area contributed by atoms with Crippen molar-refractivity contribution in [3.63, 3.8) is 0 Å². The number of hydrogen-bond donors (Lipinski definition) is 1. The fraction of sp³-hybridized carbons (Fsp3) is 0.857. The fourth-order valence-corrected chi connectivity index (χ4v) is 4.21. The Kier molecular flexibility index (Phi) is 14.3. The molecule has 0 saturated carbocycles. The van der Waals surface area contributed by atoms with Gasteiger partial charge in [-0.05, 0) is 49.1 Å². The first-order chi connectivity index (χ1) is 14.7. The largest absolute Gasteiger partial charge is 0.497 e. The Morgan fingerprint density at radius 3 is 1.77 bits per heavy atom. The Bertz CT molecular complexity index is 523. The normalized spacial score (nSPS) is 21.1. The highest BCUT2D eigenvalue weighted by Gasteiger charge is 2.25. The molecular weight excluding hydrogens is 382 g/mol. The summed E-state index contributed by atoms with van der Waals surface area (Å²) >= 11 is 0. The SMILES string of the molecule is CC(C)CCCC(C)CCOC1=CC(CN)C(C)C(OCCC(C)CCCC(C)C)=C1. The van der Waals surface area contributed by atoms with E-state index in [1.807, 2.05) is 0 Å². The maximum absolute atomic E-state index is 6.24. The van der Waals surface area contributed by atoms with Crippen LogP contribution in [0.25, 0.3) is 0 Å². The average molecular weight is 436 g/mol. The molecule has 4 atom stereocenters. The molecule has 3 nitrogen and oxygen atoms in total. The molecule has 0 aromatic rings. The molecular formula is C28H53NO2. The van der Waals surface area contributed by atoms with Crippen LogP contribution in [0.2, 0.25) is 0 Å². The molecule has 0 amide bonds. The van der Waals surface area contributed by atoms with E-state index in [1.165, 1.54) is 38.5 Å². The van der Waals surface area contributed by atoms with Crippen LogP contribution in [0.4, 0.5) is 0 Å². The molecule has 4 unspecified atom stereocenters. The molecule has 0 saturated heterocycles. The Labute approximate surface area is 194 Å². The third-order valence-electron chi connectivity index (χ3n) is 6.74. The highest BCUT2D eigenvalue weighted by molar-refractivity contribution is 5.24. The minimum Gasteiger partial charge on any atom is -0.497 e. The van der Waals surface area contributed by atoms with E-state index in [-0.39, 0.29) is 0 Å². The molecule has 0 aliphatic heterocycles. The maximum atomic E-state index is 6.24. The third-order valence-corrected chi connectivity index (χ3v) is 6.74. The van der Waals surface area contributed by atoms with E-state index >= 15 is 0 Å². The average Bonchev–Trinajstić information content (AvgIpc) is 2.69. The van der Waals surface area contributed by atoms with Crippen molar-refractivity contribution in [3.05, 3.63) is 23.7 Å². The Balaban J connectivity index is 2.43. The number of rotatable bonds is 17. The first kappa shape index (κ1) is 28.1. The highest BCUT2D eigenvalue weighted by atomic mass is 16.5. The summed E-state index contributed by atoms with van der Waals surface area (Å²) in [5.41, 5.74) is 6.05. The zero-order chi connectivity index (χ0) is 23.2. The van der Waals surface area contributed by atoms with Gasteiger partial charge in [0.1, 0.15) is 11.5 Å². The molecule has 0 aromatic heterocycles. The second-order valence-corrected chi connectivity index (χ2v) is 10.9. The van der Waals surface area contributed by atoms with Gasteiger partial charge < -0.3 is 15.2 Å². The minimum absolute atomic E-state index is 0.293. The van der Waals surface area contributed by atoms with Crippen molar-refractivity contribution in [3.8, 4) is 0 Å². The standard InChI is InChI=1S/C28H53NO2/c1-21(2)10-8-12-23(5)14-16-30-27-18-26(20-29)25(7)28(19-27)31-17-15-24(6)13-9-11-22(3)4/h18-19,21-26H,8-17,20,29H2,1-7H3. The fourth-order valence-electron chi connectivity index (χ4n) is 4.21. The van der Waals surface area contributed by atoms with Crippen molar-refractivity contribution in [2.75, 3.05) is 19.8 Å². The van der Waals surface area contributed by atoms with Gasteiger partial charge in [0.15, 0.2) is 0 Å². The van der Waals surface area contributed by atoms with E-state index < -0.39 is 0 Å². The van der Waals surface area contributed by atoms with Crippen LogP contribution in [0.5, 0.6) is 0 Å². The molecule has 1 aliphatic carbocycles. The maximum Gasteiger partial charge on any atom is 0.119 e. The van der Waals surface area contributed by atoms with E-state index in [9.17, 15) is 0 Å². The smallest absolute Gasteiger partial charge is 0.119 e. The van der Waals surface area contributed by atoms with Crippen molar-refractivity contribution < 1.29 is 9.47 Å². The molecule has 0 heterocycles. The van der Waals surface area contributed by atoms with Crippen LogP contribution < -0.4 is 5.73 Å². The second-order valence-electron chi connectivity index (χ2n) is 10.9. The van der Waals surface area contributed by atoms with Gasteiger partial charge in [0.05, 0.1) is 13.2 Å². The molecule has 3 heteroatoms. The van der Waals surface area contributed by atoms with Crippen LogP contribution in [0.1, 0.15) is 99.8 Å². The van der Waals surface area contributed by atoms with E-state index in [0.717, 1.165) is 49.4 Å². The van der Waals surface area contributed by atoms with Crippen molar-refractivity contribution in [1.82, 2.24) is 0 Å². The minimum atomic E-state index is 0.293. The summed E-state index contributed by atoms with van der Waals surface area (Å²) < 4.78 is 12.4. The van der Waals surface area contributed by atoms with Crippen molar-refractivity contribution >= 4 is 0 Å². The lowest BCUT2D eigenvalue weighted by Gasteiger charge is -2.28. The van der Waals surface area contributed by atoms with Crippen molar-refractivity contribution in [2.24, 2.45) is 41.2 Å². The summed E-state index contributed by atoms with van der Waals surface area (Å²) in [7, 11) is 0. The van der Waals surface area contributed by atoms with Crippen LogP contribution in [0.3, 0.4) is 0 Å². The Hall–Kier alpha value is -0.960. The van der Waals surface area contributed by atoms with E-state index in [0.29, 0.717) is 30.2 Å². The summed E-state index contributed by atoms with van der Waals surface area (Å²) in [4.78, 5) is 0. The Morgan fingerprint density at radius 1 is 0.774 bits per heavy atom. The van der Waals surface area contributed by atoms with Gasteiger partial charge in [-0.1, -0.05) is 87.0 Å². The number of allylic oxidation sites excluding steroid dienone is 2. The third kappa shape index (κ3) is 12.6. The molecule has 0 spiro atoms. The zero-order valence-corrected chi connectivity index (χ0v) is 21.8. The first-order valence-electron chi connectivity index (χ1n) is 13.1. The lowest BCUT2D eigenvalue weighted by atomic mass is 9.87. The molecule has 31 heavy (non-hydrogen) atoms. The molecule has 0 radical (unpaired) electrons. The van der Waals surface area contributed by atoms with Gasteiger partial charge in [-0.15, -0.1) is 0 Å². The van der Waals surface area contributed by atoms with Gasteiger partial charge in [-0.3, -0.25) is 0 Å². The van der Waals surface area contributed by atoms with Gasteiger partial charge >= 0.3 is 0 Å². The second kappa shape index (κ2) is 15.8. The highest BCUT2D eigenvalue weighted by Crippen LogP contribution is 2.30. The van der Waals surface area contributed by atoms with Crippen LogP contribution in [0, 0.1) is 35.5 Å².